The van der Waals surface area contributed by atoms with Gasteiger partial charge in [0.2, 0.25) is 5.91 Å². The summed E-state index contributed by atoms with van der Waals surface area (Å²) in [5.41, 5.74) is -0.943. The summed E-state index contributed by atoms with van der Waals surface area (Å²) < 4.78 is 10.1. The third kappa shape index (κ3) is 5.45. The zero-order valence-corrected chi connectivity index (χ0v) is 10.5. The molecule has 17 heavy (non-hydrogen) atoms. The number of methoxy groups -OCH3 is 1. The summed E-state index contributed by atoms with van der Waals surface area (Å²) in [5, 5.41) is 15.7. The first kappa shape index (κ1) is 14.4. The molecule has 6 heteroatoms. The van der Waals surface area contributed by atoms with E-state index in [4.69, 9.17) is 9.47 Å². The minimum absolute atomic E-state index is 0.137. The summed E-state index contributed by atoms with van der Waals surface area (Å²) in [5.74, 6) is -0.137. The lowest BCUT2D eigenvalue weighted by molar-refractivity contribution is -0.127. The predicted octanol–water partition coefficient (Wildman–Crippen LogP) is -1.12. The van der Waals surface area contributed by atoms with Crippen LogP contribution < -0.4 is 10.6 Å². The van der Waals surface area contributed by atoms with Crippen molar-refractivity contribution in [3.63, 3.8) is 0 Å². The van der Waals surface area contributed by atoms with Crippen LogP contribution in [0.2, 0.25) is 0 Å². The van der Waals surface area contributed by atoms with Crippen LogP contribution in [0.3, 0.4) is 0 Å². The monoisotopic (exact) mass is 246 g/mol. The zero-order valence-electron chi connectivity index (χ0n) is 10.5. The number of rotatable bonds is 6. The molecule has 2 atom stereocenters. The van der Waals surface area contributed by atoms with Crippen molar-refractivity contribution in [1.82, 2.24) is 10.6 Å². The molecule has 0 aromatic rings. The lowest BCUT2D eigenvalue weighted by Gasteiger charge is -2.27. The van der Waals surface area contributed by atoms with Crippen LogP contribution in [0.5, 0.6) is 0 Å². The molecule has 0 aliphatic carbocycles. The molecule has 2 unspecified atom stereocenters. The average Bonchev–Trinajstić information content (AvgIpc) is 2.35. The van der Waals surface area contributed by atoms with E-state index in [1.54, 1.807) is 14.0 Å². The van der Waals surface area contributed by atoms with Gasteiger partial charge in [-0.25, -0.2) is 0 Å². The number of morpholine rings is 1. The van der Waals surface area contributed by atoms with Gasteiger partial charge in [0, 0.05) is 33.2 Å². The highest BCUT2D eigenvalue weighted by atomic mass is 16.5. The summed E-state index contributed by atoms with van der Waals surface area (Å²) in [6.45, 7) is 4.05. The third-order valence-corrected chi connectivity index (χ3v) is 2.73. The smallest absolute Gasteiger partial charge is 0.239 e. The van der Waals surface area contributed by atoms with Crippen LogP contribution in [0.15, 0.2) is 0 Å². The topological polar surface area (TPSA) is 79.8 Å². The molecule has 0 aromatic carbocycles. The summed E-state index contributed by atoms with van der Waals surface area (Å²) >= 11 is 0. The maximum Gasteiger partial charge on any atom is 0.239 e. The van der Waals surface area contributed by atoms with Crippen LogP contribution in [0.1, 0.15) is 13.3 Å². The molecule has 1 rings (SSSR count). The maximum absolute atomic E-state index is 11.7. The molecule has 0 spiro atoms. The molecule has 3 N–H and O–H groups in total. The number of carbonyl (C=O) groups excluding carboxylic acids is 1. The van der Waals surface area contributed by atoms with E-state index in [0.29, 0.717) is 32.8 Å². The van der Waals surface area contributed by atoms with Gasteiger partial charge in [0.05, 0.1) is 18.8 Å². The lowest BCUT2D eigenvalue weighted by atomic mass is 10.0. The standard InChI is InChI=1S/C11H22N2O4/c1-11(15,3-5-16-2)8-13-10(14)9-7-17-6-4-12-9/h9,12,15H,3-8H2,1-2H3,(H,13,14). The molecule has 6 nitrogen and oxygen atoms in total. The normalized spacial score (nSPS) is 24.1. The molecule has 0 bridgehead atoms. The van der Waals surface area contributed by atoms with Gasteiger partial charge in [0.1, 0.15) is 6.04 Å². The molecule has 1 saturated heterocycles. The van der Waals surface area contributed by atoms with Crippen LogP contribution in [0, 0.1) is 0 Å². The minimum Gasteiger partial charge on any atom is -0.388 e. The molecule has 0 radical (unpaired) electrons. The number of ether oxygens (including phenoxy) is 2. The van der Waals surface area contributed by atoms with Gasteiger partial charge in [0.15, 0.2) is 0 Å². The first-order valence-electron chi connectivity index (χ1n) is 5.85. The van der Waals surface area contributed by atoms with Crippen molar-refractivity contribution in [1.29, 1.82) is 0 Å². The summed E-state index contributed by atoms with van der Waals surface area (Å²) in [6, 6.07) is -0.318. The van der Waals surface area contributed by atoms with Crippen LogP contribution in [0.4, 0.5) is 0 Å². The van der Waals surface area contributed by atoms with Crippen molar-refractivity contribution in [3.8, 4) is 0 Å². The number of hydrogen-bond acceptors (Lipinski definition) is 5. The maximum atomic E-state index is 11.7. The molecule has 1 heterocycles. The van der Waals surface area contributed by atoms with Crippen molar-refractivity contribution in [2.24, 2.45) is 0 Å². The fourth-order valence-electron chi connectivity index (χ4n) is 1.54. The summed E-state index contributed by atoms with van der Waals surface area (Å²) in [6.07, 6.45) is 0.484. The minimum atomic E-state index is -0.943. The first-order valence-corrected chi connectivity index (χ1v) is 5.85. The van der Waals surface area contributed by atoms with E-state index in [2.05, 4.69) is 10.6 Å². The van der Waals surface area contributed by atoms with Gasteiger partial charge < -0.3 is 25.2 Å². The van der Waals surface area contributed by atoms with Crippen molar-refractivity contribution in [2.75, 3.05) is 40.0 Å². The van der Waals surface area contributed by atoms with E-state index in [9.17, 15) is 9.90 Å². The number of nitrogens with one attached hydrogen (secondary N) is 2. The third-order valence-electron chi connectivity index (χ3n) is 2.73. The fraction of sp³-hybridized carbons (Fsp3) is 0.909. The van der Waals surface area contributed by atoms with E-state index in [1.807, 2.05) is 0 Å². The molecule has 1 aliphatic rings. The van der Waals surface area contributed by atoms with E-state index in [0.717, 1.165) is 0 Å². The number of hydrogen-bond donors (Lipinski definition) is 3. The molecule has 0 saturated carbocycles. The Morgan fingerprint density at radius 2 is 2.47 bits per heavy atom. The Bertz CT molecular complexity index is 240. The summed E-state index contributed by atoms with van der Waals surface area (Å²) in [7, 11) is 1.58. The van der Waals surface area contributed by atoms with Crippen LogP contribution in [-0.2, 0) is 14.3 Å². The Balaban J connectivity index is 2.26. The van der Waals surface area contributed by atoms with Crippen LogP contribution >= 0.6 is 0 Å². The predicted molar refractivity (Wildman–Crippen MR) is 62.7 cm³/mol. The number of amides is 1. The summed E-state index contributed by atoms with van der Waals surface area (Å²) in [4.78, 5) is 11.7. The molecule has 100 valence electrons. The van der Waals surface area contributed by atoms with E-state index >= 15 is 0 Å². The van der Waals surface area contributed by atoms with Crippen molar-refractivity contribution in [3.05, 3.63) is 0 Å². The molecule has 1 fully saturated rings. The molecular formula is C11H22N2O4. The van der Waals surface area contributed by atoms with Crippen molar-refractivity contribution >= 4 is 5.91 Å². The van der Waals surface area contributed by atoms with Gasteiger partial charge >= 0.3 is 0 Å². The molecular weight excluding hydrogens is 224 g/mol. The van der Waals surface area contributed by atoms with E-state index in [1.165, 1.54) is 0 Å². The highest BCUT2D eigenvalue weighted by molar-refractivity contribution is 5.82. The Hall–Kier alpha value is -0.690. The van der Waals surface area contributed by atoms with Crippen molar-refractivity contribution < 1.29 is 19.4 Å². The molecule has 1 amide bonds. The lowest BCUT2D eigenvalue weighted by Crippen LogP contribution is -2.53. The van der Waals surface area contributed by atoms with Gasteiger partial charge in [-0.2, -0.15) is 0 Å². The number of aliphatic hydroxyl groups is 1. The average molecular weight is 246 g/mol. The Morgan fingerprint density at radius 3 is 3.06 bits per heavy atom. The first-order chi connectivity index (χ1) is 8.05. The quantitative estimate of drug-likeness (QED) is 0.553. The SMILES string of the molecule is COCCC(C)(O)CNC(=O)C1COCCN1. The van der Waals surface area contributed by atoms with Crippen LogP contribution in [-0.4, -0.2) is 62.7 Å². The van der Waals surface area contributed by atoms with Crippen LogP contribution in [0.25, 0.3) is 0 Å². The second-order valence-electron chi connectivity index (χ2n) is 4.54. The van der Waals surface area contributed by atoms with Gasteiger partial charge in [-0.1, -0.05) is 0 Å². The Kier molecular flexibility index (Phi) is 5.84. The molecule has 1 aliphatic heterocycles. The highest BCUT2D eigenvalue weighted by Crippen LogP contribution is 2.07. The van der Waals surface area contributed by atoms with E-state index < -0.39 is 5.60 Å². The van der Waals surface area contributed by atoms with E-state index in [-0.39, 0.29) is 18.5 Å². The van der Waals surface area contributed by atoms with Gasteiger partial charge in [-0.3, -0.25) is 4.79 Å². The second kappa shape index (κ2) is 6.90. The molecule has 0 aromatic heterocycles. The van der Waals surface area contributed by atoms with Gasteiger partial charge in [-0.15, -0.1) is 0 Å². The highest BCUT2D eigenvalue weighted by Gasteiger charge is 2.25. The van der Waals surface area contributed by atoms with Gasteiger partial charge in [0.25, 0.3) is 0 Å². The fourth-order valence-corrected chi connectivity index (χ4v) is 1.54. The Labute approximate surface area is 102 Å². The number of carbonyl (C=O) groups is 1. The second-order valence-corrected chi connectivity index (χ2v) is 4.54. The largest absolute Gasteiger partial charge is 0.388 e. The zero-order chi connectivity index (χ0) is 12.7. The van der Waals surface area contributed by atoms with Gasteiger partial charge in [-0.05, 0) is 6.92 Å². The Morgan fingerprint density at radius 1 is 1.71 bits per heavy atom. The van der Waals surface area contributed by atoms with Crippen molar-refractivity contribution in [2.45, 2.75) is 25.0 Å².